The summed E-state index contributed by atoms with van der Waals surface area (Å²) in [6, 6.07) is 29.0. The van der Waals surface area contributed by atoms with E-state index in [9.17, 15) is 4.79 Å². The fourth-order valence-corrected chi connectivity index (χ4v) is 2.92. The van der Waals surface area contributed by atoms with Gasteiger partial charge in [-0.25, -0.2) is 4.79 Å². The van der Waals surface area contributed by atoms with Crippen LogP contribution in [0.1, 0.15) is 15.9 Å². The molecule has 0 bridgehead atoms. The first-order chi connectivity index (χ1) is 13.7. The Labute approximate surface area is 163 Å². The van der Waals surface area contributed by atoms with Crippen molar-refractivity contribution in [3.8, 4) is 28.3 Å². The van der Waals surface area contributed by atoms with E-state index in [1.807, 2.05) is 49.4 Å². The number of hydrogen-bond donors (Lipinski definition) is 0. The normalized spacial score (nSPS) is 10.5. The standard InChI is InChI=1S/C24H18N2O2/c1-17-6-5-9-21(16-17)24(27)28-23-15-14-22(25-26-23)20-12-10-19(11-13-20)18-7-3-2-4-8-18/h2-16H,1H3. The lowest BCUT2D eigenvalue weighted by Crippen LogP contribution is -2.10. The third kappa shape index (κ3) is 3.96. The maximum Gasteiger partial charge on any atom is 0.344 e. The minimum atomic E-state index is -0.446. The van der Waals surface area contributed by atoms with Crippen molar-refractivity contribution >= 4 is 5.97 Å². The molecule has 0 radical (unpaired) electrons. The van der Waals surface area contributed by atoms with E-state index in [2.05, 4.69) is 34.5 Å². The Balaban J connectivity index is 1.48. The van der Waals surface area contributed by atoms with Crippen LogP contribution in [-0.2, 0) is 0 Å². The topological polar surface area (TPSA) is 52.1 Å². The monoisotopic (exact) mass is 366 g/mol. The summed E-state index contributed by atoms with van der Waals surface area (Å²) in [6.45, 7) is 1.93. The first kappa shape index (κ1) is 17.6. The van der Waals surface area contributed by atoms with Crippen molar-refractivity contribution in [3.05, 3.63) is 102 Å². The minimum Gasteiger partial charge on any atom is -0.402 e. The van der Waals surface area contributed by atoms with Crippen molar-refractivity contribution in [2.24, 2.45) is 0 Å². The molecule has 0 spiro atoms. The van der Waals surface area contributed by atoms with Crippen LogP contribution in [-0.4, -0.2) is 16.2 Å². The highest BCUT2D eigenvalue weighted by Gasteiger charge is 2.10. The van der Waals surface area contributed by atoms with Gasteiger partial charge in [-0.3, -0.25) is 0 Å². The number of carbonyl (C=O) groups excluding carboxylic acids is 1. The van der Waals surface area contributed by atoms with Crippen LogP contribution in [0.25, 0.3) is 22.4 Å². The van der Waals surface area contributed by atoms with Crippen LogP contribution in [0.15, 0.2) is 91.0 Å². The van der Waals surface area contributed by atoms with Crippen LogP contribution in [0.3, 0.4) is 0 Å². The Morgan fingerprint density at radius 1 is 0.714 bits per heavy atom. The zero-order chi connectivity index (χ0) is 19.3. The van der Waals surface area contributed by atoms with Gasteiger partial charge in [0.1, 0.15) is 0 Å². The highest BCUT2D eigenvalue weighted by atomic mass is 16.5. The second-order valence-corrected chi connectivity index (χ2v) is 6.46. The molecule has 0 amide bonds. The average Bonchev–Trinajstić information content (AvgIpc) is 2.75. The van der Waals surface area contributed by atoms with Gasteiger partial charge in [-0.05, 0) is 36.2 Å². The summed E-state index contributed by atoms with van der Waals surface area (Å²) in [5, 5.41) is 8.22. The van der Waals surface area contributed by atoms with E-state index in [1.54, 1.807) is 24.3 Å². The first-order valence-electron chi connectivity index (χ1n) is 8.97. The number of esters is 1. The van der Waals surface area contributed by atoms with Crippen molar-refractivity contribution in [2.45, 2.75) is 6.92 Å². The van der Waals surface area contributed by atoms with Gasteiger partial charge in [-0.1, -0.05) is 72.3 Å². The van der Waals surface area contributed by atoms with Crippen LogP contribution < -0.4 is 4.74 Å². The van der Waals surface area contributed by atoms with E-state index in [0.717, 1.165) is 22.4 Å². The number of hydrogen-bond acceptors (Lipinski definition) is 4. The summed E-state index contributed by atoms with van der Waals surface area (Å²) in [5.41, 5.74) is 5.45. The highest BCUT2D eigenvalue weighted by Crippen LogP contribution is 2.24. The van der Waals surface area contributed by atoms with Crippen molar-refractivity contribution < 1.29 is 9.53 Å². The van der Waals surface area contributed by atoms with Crippen molar-refractivity contribution in [2.75, 3.05) is 0 Å². The van der Waals surface area contributed by atoms with E-state index < -0.39 is 5.97 Å². The van der Waals surface area contributed by atoms with E-state index in [1.165, 1.54) is 5.56 Å². The average molecular weight is 366 g/mol. The van der Waals surface area contributed by atoms with E-state index in [-0.39, 0.29) is 5.88 Å². The Hall–Kier alpha value is -3.79. The Morgan fingerprint density at radius 3 is 2.11 bits per heavy atom. The molecule has 1 heterocycles. The third-order valence-corrected chi connectivity index (χ3v) is 4.38. The summed E-state index contributed by atoms with van der Waals surface area (Å²) >= 11 is 0. The lowest BCUT2D eigenvalue weighted by Gasteiger charge is -2.06. The fraction of sp³-hybridized carbons (Fsp3) is 0.0417. The molecule has 1 aromatic heterocycles. The van der Waals surface area contributed by atoms with Crippen LogP contribution >= 0.6 is 0 Å². The maximum absolute atomic E-state index is 12.2. The van der Waals surface area contributed by atoms with Gasteiger partial charge in [-0.15, -0.1) is 10.2 Å². The summed E-state index contributed by atoms with van der Waals surface area (Å²) in [7, 11) is 0. The Morgan fingerprint density at radius 2 is 1.43 bits per heavy atom. The van der Waals surface area contributed by atoms with Gasteiger partial charge in [0.2, 0.25) is 5.88 Å². The quantitative estimate of drug-likeness (QED) is 0.458. The Bertz CT molecular complexity index is 1090. The molecule has 0 aliphatic carbocycles. The first-order valence-corrected chi connectivity index (χ1v) is 8.97. The molecule has 0 aliphatic heterocycles. The number of ether oxygens (including phenoxy) is 1. The largest absolute Gasteiger partial charge is 0.402 e. The van der Waals surface area contributed by atoms with Crippen LogP contribution in [0, 0.1) is 6.92 Å². The molecule has 0 aliphatic rings. The van der Waals surface area contributed by atoms with Crippen molar-refractivity contribution in [1.29, 1.82) is 0 Å². The Kier molecular flexibility index (Phi) is 4.93. The molecule has 0 atom stereocenters. The SMILES string of the molecule is Cc1cccc(C(=O)Oc2ccc(-c3ccc(-c4ccccc4)cc3)nn2)c1. The molecule has 4 rings (SSSR count). The lowest BCUT2D eigenvalue weighted by atomic mass is 10.0. The van der Waals surface area contributed by atoms with Crippen molar-refractivity contribution in [3.63, 3.8) is 0 Å². The van der Waals surface area contributed by atoms with Crippen molar-refractivity contribution in [1.82, 2.24) is 10.2 Å². The van der Waals surface area contributed by atoms with E-state index in [4.69, 9.17) is 4.74 Å². The van der Waals surface area contributed by atoms with Gasteiger partial charge in [-0.2, -0.15) is 0 Å². The van der Waals surface area contributed by atoms with E-state index in [0.29, 0.717) is 5.56 Å². The molecule has 28 heavy (non-hydrogen) atoms. The highest BCUT2D eigenvalue weighted by molar-refractivity contribution is 5.91. The van der Waals surface area contributed by atoms with Crippen LogP contribution in [0.2, 0.25) is 0 Å². The number of nitrogens with zero attached hydrogens (tertiary/aromatic N) is 2. The molecule has 0 unspecified atom stereocenters. The molecule has 136 valence electrons. The molecular formula is C24H18N2O2. The van der Waals surface area contributed by atoms with Gasteiger partial charge in [0.25, 0.3) is 0 Å². The number of aromatic nitrogens is 2. The molecule has 3 aromatic carbocycles. The number of aryl methyl sites for hydroxylation is 1. The number of rotatable bonds is 4. The van der Waals surface area contributed by atoms with Gasteiger partial charge in [0, 0.05) is 11.6 Å². The molecule has 0 saturated heterocycles. The van der Waals surface area contributed by atoms with Crippen LogP contribution in [0.4, 0.5) is 0 Å². The minimum absolute atomic E-state index is 0.177. The smallest absolute Gasteiger partial charge is 0.344 e. The van der Waals surface area contributed by atoms with Gasteiger partial charge >= 0.3 is 5.97 Å². The molecule has 4 heteroatoms. The predicted molar refractivity (Wildman–Crippen MR) is 109 cm³/mol. The fourth-order valence-electron chi connectivity index (χ4n) is 2.92. The second kappa shape index (κ2) is 7.84. The summed E-state index contributed by atoms with van der Waals surface area (Å²) in [6.07, 6.45) is 0. The van der Waals surface area contributed by atoms with Gasteiger partial charge in [0.15, 0.2) is 0 Å². The van der Waals surface area contributed by atoms with E-state index >= 15 is 0 Å². The second-order valence-electron chi connectivity index (χ2n) is 6.46. The molecule has 0 N–H and O–H groups in total. The molecule has 4 nitrogen and oxygen atoms in total. The van der Waals surface area contributed by atoms with Gasteiger partial charge < -0.3 is 4.74 Å². The number of carbonyl (C=O) groups is 1. The zero-order valence-corrected chi connectivity index (χ0v) is 15.4. The summed E-state index contributed by atoms with van der Waals surface area (Å²) in [4.78, 5) is 12.2. The third-order valence-electron chi connectivity index (χ3n) is 4.38. The molecule has 0 fully saturated rings. The van der Waals surface area contributed by atoms with Gasteiger partial charge in [0.05, 0.1) is 11.3 Å². The van der Waals surface area contributed by atoms with Crippen LogP contribution in [0.5, 0.6) is 5.88 Å². The maximum atomic E-state index is 12.2. The molecule has 4 aromatic rings. The number of benzene rings is 3. The molecule has 0 saturated carbocycles. The summed E-state index contributed by atoms with van der Waals surface area (Å²) < 4.78 is 5.31. The molecular weight excluding hydrogens is 348 g/mol. The zero-order valence-electron chi connectivity index (χ0n) is 15.4. The lowest BCUT2D eigenvalue weighted by molar-refractivity contribution is 0.0725. The summed E-state index contributed by atoms with van der Waals surface area (Å²) in [5.74, 6) is -0.269. The predicted octanol–water partition coefficient (Wildman–Crippen LogP) is 5.34.